The lowest BCUT2D eigenvalue weighted by Crippen LogP contribution is -2.56. The van der Waals surface area contributed by atoms with Crippen molar-refractivity contribution >= 4 is 29.9 Å². The summed E-state index contributed by atoms with van der Waals surface area (Å²) in [4.78, 5) is 7.49. The molecule has 1 unspecified atom stereocenters. The van der Waals surface area contributed by atoms with Gasteiger partial charge in [-0.15, -0.1) is 24.0 Å². The van der Waals surface area contributed by atoms with Crippen LogP contribution >= 0.6 is 24.0 Å². The molecule has 0 bridgehead atoms. The van der Waals surface area contributed by atoms with Gasteiger partial charge in [0.05, 0.1) is 6.61 Å². The van der Waals surface area contributed by atoms with Gasteiger partial charge in [0.1, 0.15) is 6.04 Å². The smallest absolute Gasteiger partial charge is 0.403 e. The van der Waals surface area contributed by atoms with Crippen molar-refractivity contribution in [3.05, 3.63) is 23.8 Å². The highest BCUT2D eigenvalue weighted by Gasteiger charge is 2.41. The fourth-order valence-electron chi connectivity index (χ4n) is 3.17. The summed E-state index contributed by atoms with van der Waals surface area (Å²) in [5.74, 6) is 0.719. The molecule has 1 N–H and O–H groups in total. The number of aliphatic imine (C=N–C) groups is 1. The average molecular weight is 566 g/mol. The molecule has 0 aromatic heterocycles. The molecule has 1 aromatic rings. The second-order valence-electron chi connectivity index (χ2n) is 6.73. The molecule has 178 valence electrons. The molecule has 1 saturated heterocycles. The van der Waals surface area contributed by atoms with Crippen molar-refractivity contribution in [2.24, 2.45) is 4.99 Å². The number of nitrogens with one attached hydrogen (secondary N) is 1. The van der Waals surface area contributed by atoms with E-state index in [-0.39, 0.29) is 48.6 Å². The quantitative estimate of drug-likeness (QED) is 0.235. The van der Waals surface area contributed by atoms with Crippen LogP contribution in [0, 0.1) is 0 Å². The molecule has 0 radical (unpaired) electrons. The number of ether oxygens (including phenoxy) is 2. The van der Waals surface area contributed by atoms with Gasteiger partial charge in [0.2, 0.25) is 0 Å². The van der Waals surface area contributed by atoms with E-state index in [2.05, 4.69) is 15.0 Å². The van der Waals surface area contributed by atoms with E-state index in [0.29, 0.717) is 32.2 Å². The number of rotatable bonds is 7. The number of hydrogen-bond donors (Lipinski definition) is 1. The van der Waals surface area contributed by atoms with Crippen LogP contribution in [0.5, 0.6) is 11.5 Å². The molecule has 1 fully saturated rings. The van der Waals surface area contributed by atoms with Crippen LogP contribution in [0.3, 0.4) is 0 Å². The van der Waals surface area contributed by atoms with Crippen LogP contribution in [-0.2, 0) is 6.54 Å². The van der Waals surface area contributed by atoms with Crippen molar-refractivity contribution in [2.45, 2.75) is 39.2 Å². The second kappa shape index (κ2) is 12.5. The molecule has 0 saturated carbocycles. The normalized spacial score (nSPS) is 16.7. The summed E-state index contributed by atoms with van der Waals surface area (Å²) in [5.41, 5.74) is 0.755. The molecule has 6 nitrogen and oxygen atoms in total. The van der Waals surface area contributed by atoms with Crippen molar-refractivity contribution in [1.82, 2.24) is 15.1 Å². The van der Waals surface area contributed by atoms with Gasteiger partial charge in [0.25, 0.3) is 0 Å². The highest BCUT2D eigenvalue weighted by molar-refractivity contribution is 14.0. The Bertz CT molecular complexity index is 713. The molecule has 1 aliphatic heterocycles. The van der Waals surface area contributed by atoms with Crippen LogP contribution in [0.4, 0.5) is 22.0 Å². The SMILES string of the molecule is CCOc1cc(CNC(=NC)N2CCN(C(C)C(F)(F)F)CC2)ccc1OC(F)F.I. The van der Waals surface area contributed by atoms with Crippen LogP contribution < -0.4 is 14.8 Å². The van der Waals surface area contributed by atoms with Crippen LogP contribution in [0.1, 0.15) is 19.4 Å². The fraction of sp³-hybridized carbons (Fsp3) is 0.632. The number of hydrogen-bond acceptors (Lipinski definition) is 4. The second-order valence-corrected chi connectivity index (χ2v) is 6.73. The first-order valence-corrected chi connectivity index (χ1v) is 9.62. The van der Waals surface area contributed by atoms with Crippen molar-refractivity contribution < 1.29 is 31.4 Å². The molecule has 12 heteroatoms. The average Bonchev–Trinajstić information content (AvgIpc) is 2.69. The van der Waals surface area contributed by atoms with Gasteiger partial charge < -0.3 is 19.7 Å². The predicted molar refractivity (Wildman–Crippen MR) is 119 cm³/mol. The van der Waals surface area contributed by atoms with Crippen LogP contribution in [0.2, 0.25) is 0 Å². The van der Waals surface area contributed by atoms with Gasteiger partial charge in [-0.1, -0.05) is 6.07 Å². The lowest BCUT2D eigenvalue weighted by Gasteiger charge is -2.39. The topological polar surface area (TPSA) is 49.3 Å². The summed E-state index contributed by atoms with van der Waals surface area (Å²) >= 11 is 0. The Hall–Kier alpha value is -1.57. The number of alkyl halides is 5. The molecule has 1 aromatic carbocycles. The van der Waals surface area contributed by atoms with Crippen molar-refractivity contribution in [1.29, 1.82) is 0 Å². The Labute approximate surface area is 195 Å². The number of nitrogens with zero attached hydrogens (tertiary/aromatic N) is 3. The molecule has 0 amide bonds. The van der Waals surface area contributed by atoms with Crippen molar-refractivity contribution in [3.63, 3.8) is 0 Å². The zero-order valence-electron chi connectivity index (χ0n) is 17.6. The summed E-state index contributed by atoms with van der Waals surface area (Å²) < 4.78 is 73.5. The van der Waals surface area contributed by atoms with Gasteiger partial charge in [0.15, 0.2) is 17.5 Å². The summed E-state index contributed by atoms with van der Waals surface area (Å²) in [6.45, 7) is 1.94. The lowest BCUT2D eigenvalue weighted by atomic mass is 10.2. The van der Waals surface area contributed by atoms with Gasteiger partial charge in [-0.3, -0.25) is 9.89 Å². The molecular formula is C19H28F5IN4O2. The van der Waals surface area contributed by atoms with E-state index >= 15 is 0 Å². The van der Waals surface area contributed by atoms with E-state index in [1.165, 1.54) is 17.9 Å². The van der Waals surface area contributed by atoms with Crippen LogP contribution in [0.15, 0.2) is 23.2 Å². The maximum atomic E-state index is 12.9. The van der Waals surface area contributed by atoms with Gasteiger partial charge in [-0.05, 0) is 31.5 Å². The number of piperazine rings is 1. The number of guanidine groups is 1. The van der Waals surface area contributed by atoms with E-state index in [1.807, 2.05) is 4.90 Å². The minimum absolute atomic E-state index is 0. The lowest BCUT2D eigenvalue weighted by molar-refractivity contribution is -0.181. The third-order valence-corrected chi connectivity index (χ3v) is 4.82. The highest BCUT2D eigenvalue weighted by atomic mass is 127. The zero-order chi connectivity index (χ0) is 22.3. The standard InChI is InChI=1S/C19H27F5N4O2.HI/c1-4-29-16-11-14(5-6-15(16)30-17(20)21)12-26-18(25-3)28-9-7-27(8-10-28)13(2)19(22,23)24;/h5-6,11,13,17H,4,7-10,12H2,1-3H3,(H,25,26);1H. The van der Waals surface area contributed by atoms with Crippen molar-refractivity contribution in [3.8, 4) is 11.5 Å². The molecule has 1 aliphatic rings. The number of benzene rings is 1. The van der Waals surface area contributed by atoms with E-state index in [4.69, 9.17) is 4.74 Å². The number of halogens is 6. The minimum atomic E-state index is -4.25. The highest BCUT2D eigenvalue weighted by Crippen LogP contribution is 2.30. The van der Waals surface area contributed by atoms with E-state index in [0.717, 1.165) is 5.56 Å². The fourth-order valence-corrected chi connectivity index (χ4v) is 3.17. The van der Waals surface area contributed by atoms with Crippen LogP contribution in [-0.4, -0.2) is 74.4 Å². The van der Waals surface area contributed by atoms with Crippen molar-refractivity contribution in [2.75, 3.05) is 39.8 Å². The first-order chi connectivity index (χ1) is 14.2. The Morgan fingerprint density at radius 3 is 2.32 bits per heavy atom. The largest absolute Gasteiger partial charge is 0.490 e. The van der Waals surface area contributed by atoms with Gasteiger partial charge in [-0.2, -0.15) is 22.0 Å². The molecule has 0 aliphatic carbocycles. The summed E-state index contributed by atoms with van der Waals surface area (Å²) in [5, 5.41) is 3.15. The van der Waals surface area contributed by atoms with Crippen LogP contribution in [0.25, 0.3) is 0 Å². The molecular weight excluding hydrogens is 538 g/mol. The predicted octanol–water partition coefficient (Wildman–Crippen LogP) is 3.95. The van der Waals surface area contributed by atoms with E-state index in [9.17, 15) is 22.0 Å². The molecule has 1 heterocycles. The van der Waals surface area contributed by atoms with Gasteiger partial charge in [0, 0.05) is 39.8 Å². The maximum Gasteiger partial charge on any atom is 0.403 e. The Kier molecular flexibility index (Phi) is 11.0. The van der Waals surface area contributed by atoms with Gasteiger partial charge >= 0.3 is 12.8 Å². The zero-order valence-corrected chi connectivity index (χ0v) is 19.9. The van der Waals surface area contributed by atoms with E-state index < -0.39 is 18.8 Å². The third-order valence-electron chi connectivity index (χ3n) is 4.82. The minimum Gasteiger partial charge on any atom is -0.490 e. The van der Waals surface area contributed by atoms with E-state index in [1.54, 1.807) is 26.1 Å². The molecule has 0 spiro atoms. The summed E-state index contributed by atoms with van der Waals surface area (Å²) in [7, 11) is 1.60. The van der Waals surface area contributed by atoms with Gasteiger partial charge in [-0.25, -0.2) is 0 Å². The maximum absolute atomic E-state index is 12.9. The Morgan fingerprint density at radius 2 is 1.81 bits per heavy atom. The summed E-state index contributed by atoms with van der Waals surface area (Å²) in [6, 6.07) is 3.16. The first kappa shape index (κ1) is 27.5. The molecule has 2 rings (SSSR count). The Morgan fingerprint density at radius 1 is 1.16 bits per heavy atom. The monoisotopic (exact) mass is 566 g/mol. The molecule has 1 atom stereocenters. The summed E-state index contributed by atoms with van der Waals surface area (Å²) in [6.07, 6.45) is -4.25. The molecule has 31 heavy (non-hydrogen) atoms. The third kappa shape index (κ3) is 8.13. The Balaban J connectivity index is 0.00000480. The first-order valence-electron chi connectivity index (χ1n) is 9.62.